The van der Waals surface area contributed by atoms with E-state index in [1.54, 1.807) is 12.1 Å². The van der Waals surface area contributed by atoms with Gasteiger partial charge in [0, 0.05) is 30.4 Å². The zero-order valence-electron chi connectivity index (χ0n) is 17.6. The van der Waals surface area contributed by atoms with E-state index in [9.17, 15) is 13.6 Å². The number of anilines is 2. The van der Waals surface area contributed by atoms with E-state index in [0.717, 1.165) is 42.3 Å². The van der Waals surface area contributed by atoms with Crippen LogP contribution in [0, 0.1) is 11.6 Å². The summed E-state index contributed by atoms with van der Waals surface area (Å²) in [6, 6.07) is 14.0. The van der Waals surface area contributed by atoms with Gasteiger partial charge in [-0.1, -0.05) is 25.0 Å². The molecule has 0 radical (unpaired) electrons. The summed E-state index contributed by atoms with van der Waals surface area (Å²) >= 11 is 0. The monoisotopic (exact) mass is 438 g/mol. The van der Waals surface area contributed by atoms with E-state index in [4.69, 9.17) is 4.74 Å². The third-order valence-corrected chi connectivity index (χ3v) is 5.30. The number of nitrogens with zero attached hydrogens (tertiary/aromatic N) is 3. The van der Waals surface area contributed by atoms with Gasteiger partial charge in [-0.3, -0.25) is 4.79 Å². The van der Waals surface area contributed by atoms with Gasteiger partial charge in [0.15, 0.2) is 24.0 Å². The van der Waals surface area contributed by atoms with Crippen molar-refractivity contribution in [2.24, 2.45) is 0 Å². The molecule has 1 saturated heterocycles. The van der Waals surface area contributed by atoms with Crippen LogP contribution in [0.25, 0.3) is 11.3 Å². The van der Waals surface area contributed by atoms with E-state index in [0.29, 0.717) is 11.8 Å². The van der Waals surface area contributed by atoms with Gasteiger partial charge < -0.3 is 15.0 Å². The van der Waals surface area contributed by atoms with Crippen LogP contribution < -0.4 is 15.0 Å². The summed E-state index contributed by atoms with van der Waals surface area (Å²) in [5, 5.41) is 11.4. The largest absolute Gasteiger partial charge is 0.481 e. The minimum atomic E-state index is -0.856. The predicted octanol–water partition coefficient (Wildman–Crippen LogP) is 4.82. The Morgan fingerprint density at radius 3 is 2.34 bits per heavy atom. The number of rotatable bonds is 6. The molecule has 0 unspecified atom stereocenters. The Bertz CT molecular complexity index is 1050. The molecule has 6 nitrogen and oxygen atoms in total. The molecule has 1 aromatic heterocycles. The Morgan fingerprint density at radius 2 is 1.69 bits per heavy atom. The number of carbonyl (C=O) groups excluding carboxylic acids is 1. The summed E-state index contributed by atoms with van der Waals surface area (Å²) in [4.78, 5) is 14.4. The molecule has 166 valence electrons. The summed E-state index contributed by atoms with van der Waals surface area (Å²) in [6.45, 7) is 1.63. The Morgan fingerprint density at radius 1 is 0.938 bits per heavy atom. The second kappa shape index (κ2) is 10.2. The summed E-state index contributed by atoms with van der Waals surface area (Å²) in [5.41, 5.74) is 2.19. The van der Waals surface area contributed by atoms with Crippen molar-refractivity contribution in [3.8, 4) is 17.0 Å². The quantitative estimate of drug-likeness (QED) is 0.598. The van der Waals surface area contributed by atoms with Crippen molar-refractivity contribution >= 4 is 17.4 Å². The minimum Gasteiger partial charge on any atom is -0.481 e. The van der Waals surface area contributed by atoms with E-state index < -0.39 is 24.1 Å². The van der Waals surface area contributed by atoms with Gasteiger partial charge in [-0.05, 0) is 49.2 Å². The Balaban J connectivity index is 1.32. The topological polar surface area (TPSA) is 67.3 Å². The molecule has 1 aliphatic rings. The lowest BCUT2D eigenvalue weighted by molar-refractivity contribution is -0.118. The van der Waals surface area contributed by atoms with Gasteiger partial charge in [0.1, 0.15) is 5.82 Å². The third kappa shape index (κ3) is 5.57. The molecule has 0 saturated carbocycles. The fourth-order valence-electron chi connectivity index (χ4n) is 3.60. The molecule has 2 aromatic carbocycles. The highest BCUT2D eigenvalue weighted by Gasteiger charge is 2.12. The normalized spacial score (nSPS) is 14.0. The predicted molar refractivity (Wildman–Crippen MR) is 119 cm³/mol. The fraction of sp³-hybridized carbons (Fsp3) is 0.292. The van der Waals surface area contributed by atoms with E-state index in [1.807, 2.05) is 24.3 Å². The number of carbonyl (C=O) groups is 1. The average molecular weight is 438 g/mol. The summed E-state index contributed by atoms with van der Waals surface area (Å²) in [5.74, 6) is -1.30. The molecule has 8 heteroatoms. The maximum Gasteiger partial charge on any atom is 0.262 e. The van der Waals surface area contributed by atoms with E-state index in [2.05, 4.69) is 20.4 Å². The van der Waals surface area contributed by atoms with Crippen molar-refractivity contribution in [2.75, 3.05) is 29.9 Å². The molecular formula is C24H24F2N4O2. The lowest BCUT2D eigenvalue weighted by atomic mass is 10.1. The number of ether oxygens (including phenoxy) is 1. The van der Waals surface area contributed by atoms with Crippen LogP contribution in [0.3, 0.4) is 0 Å². The standard InChI is InChI=1S/C24H24F2N4O2/c25-18-7-11-22(20(26)15-18)32-16-24(31)27-19-8-5-17(6-9-19)21-10-12-23(29-28-21)30-13-3-1-2-4-14-30/h5-12,15H,1-4,13-14,16H2,(H,27,31). The average Bonchev–Trinajstić information content (AvgIpc) is 3.09. The first-order valence-electron chi connectivity index (χ1n) is 10.7. The van der Waals surface area contributed by atoms with Crippen molar-refractivity contribution in [1.82, 2.24) is 10.2 Å². The maximum atomic E-state index is 13.6. The summed E-state index contributed by atoms with van der Waals surface area (Å²) < 4.78 is 31.6. The lowest BCUT2D eigenvalue weighted by Crippen LogP contribution is -2.25. The molecule has 0 atom stereocenters. The first-order valence-corrected chi connectivity index (χ1v) is 10.7. The van der Waals surface area contributed by atoms with Gasteiger partial charge >= 0.3 is 0 Å². The summed E-state index contributed by atoms with van der Waals surface area (Å²) in [7, 11) is 0. The first kappa shape index (κ1) is 21.7. The zero-order valence-corrected chi connectivity index (χ0v) is 17.6. The molecular weight excluding hydrogens is 414 g/mol. The van der Waals surface area contributed by atoms with Crippen LogP contribution in [-0.2, 0) is 4.79 Å². The van der Waals surface area contributed by atoms with Crippen LogP contribution in [0.5, 0.6) is 5.75 Å². The number of nitrogens with one attached hydrogen (secondary N) is 1. The van der Waals surface area contributed by atoms with Gasteiger partial charge in [-0.25, -0.2) is 8.78 Å². The molecule has 0 spiro atoms. The van der Waals surface area contributed by atoms with Crippen LogP contribution >= 0.6 is 0 Å². The zero-order chi connectivity index (χ0) is 22.3. The maximum absolute atomic E-state index is 13.6. The molecule has 1 N–H and O–H groups in total. The molecule has 32 heavy (non-hydrogen) atoms. The molecule has 1 fully saturated rings. The minimum absolute atomic E-state index is 0.181. The van der Waals surface area contributed by atoms with Gasteiger partial charge in [0.2, 0.25) is 0 Å². The second-order valence-electron chi connectivity index (χ2n) is 7.67. The third-order valence-electron chi connectivity index (χ3n) is 5.30. The number of aromatic nitrogens is 2. The Kier molecular flexibility index (Phi) is 6.89. The summed E-state index contributed by atoms with van der Waals surface area (Å²) in [6.07, 6.45) is 4.89. The highest BCUT2D eigenvalue weighted by atomic mass is 19.1. The van der Waals surface area contributed by atoms with Crippen LogP contribution in [0.4, 0.5) is 20.3 Å². The number of amides is 1. The molecule has 1 aliphatic heterocycles. The van der Waals surface area contributed by atoms with Crippen molar-refractivity contribution in [3.63, 3.8) is 0 Å². The number of hydrogen-bond donors (Lipinski definition) is 1. The van der Waals surface area contributed by atoms with Crippen LogP contribution in [-0.4, -0.2) is 35.8 Å². The highest BCUT2D eigenvalue weighted by Crippen LogP contribution is 2.22. The fourth-order valence-corrected chi connectivity index (χ4v) is 3.60. The Labute approximate surface area is 185 Å². The second-order valence-corrected chi connectivity index (χ2v) is 7.67. The van der Waals surface area contributed by atoms with E-state index >= 15 is 0 Å². The molecule has 3 aromatic rings. The lowest BCUT2D eigenvalue weighted by Gasteiger charge is -2.20. The molecule has 0 aliphatic carbocycles. The van der Waals surface area contributed by atoms with E-state index in [1.165, 1.54) is 25.7 Å². The van der Waals surface area contributed by atoms with Crippen LogP contribution in [0.2, 0.25) is 0 Å². The Hall–Kier alpha value is -3.55. The molecule has 4 rings (SSSR count). The van der Waals surface area contributed by atoms with Crippen LogP contribution in [0.1, 0.15) is 25.7 Å². The molecule has 0 bridgehead atoms. The first-order chi connectivity index (χ1) is 15.6. The number of hydrogen-bond acceptors (Lipinski definition) is 5. The highest BCUT2D eigenvalue weighted by molar-refractivity contribution is 5.92. The van der Waals surface area contributed by atoms with Gasteiger partial charge in [-0.15, -0.1) is 10.2 Å². The smallest absolute Gasteiger partial charge is 0.262 e. The van der Waals surface area contributed by atoms with Crippen molar-refractivity contribution in [1.29, 1.82) is 0 Å². The number of benzene rings is 2. The van der Waals surface area contributed by atoms with Crippen molar-refractivity contribution < 1.29 is 18.3 Å². The SMILES string of the molecule is O=C(COc1ccc(F)cc1F)Nc1ccc(-c2ccc(N3CCCCCC3)nn2)cc1. The number of halogens is 2. The van der Waals surface area contributed by atoms with Gasteiger partial charge in [-0.2, -0.15) is 0 Å². The van der Waals surface area contributed by atoms with Crippen molar-refractivity contribution in [3.05, 3.63) is 66.2 Å². The van der Waals surface area contributed by atoms with Gasteiger partial charge in [0.25, 0.3) is 5.91 Å². The van der Waals surface area contributed by atoms with Gasteiger partial charge in [0.05, 0.1) is 5.69 Å². The molecule has 1 amide bonds. The van der Waals surface area contributed by atoms with E-state index in [-0.39, 0.29) is 5.75 Å². The van der Waals surface area contributed by atoms with Crippen molar-refractivity contribution in [2.45, 2.75) is 25.7 Å². The molecule has 2 heterocycles. The van der Waals surface area contributed by atoms with Crippen LogP contribution in [0.15, 0.2) is 54.6 Å².